The molecule has 2 rings (SSSR count). The van der Waals surface area contributed by atoms with Crippen molar-refractivity contribution < 1.29 is 4.79 Å². The van der Waals surface area contributed by atoms with Gasteiger partial charge in [0.1, 0.15) is 0 Å². The molecule has 2 N–H and O–H groups in total. The van der Waals surface area contributed by atoms with E-state index >= 15 is 0 Å². The van der Waals surface area contributed by atoms with Crippen LogP contribution in [0.5, 0.6) is 0 Å². The minimum absolute atomic E-state index is 0.0581. The molecular weight excluding hydrogens is 315 g/mol. The highest BCUT2D eigenvalue weighted by molar-refractivity contribution is 14.1. The topological polar surface area (TPSA) is 41.1 Å². The molecule has 0 saturated heterocycles. The first-order chi connectivity index (χ1) is 7.58. The molecule has 0 unspecified atom stereocenters. The Hall–Kier alpha value is -0.620. The summed E-state index contributed by atoms with van der Waals surface area (Å²) in [4.78, 5) is 11.5. The Bertz CT molecular complexity index is 429. The molecule has 3 nitrogen and oxygen atoms in total. The van der Waals surface area contributed by atoms with Crippen LogP contribution in [-0.4, -0.2) is 11.9 Å². The number of rotatable bonds is 3. The van der Waals surface area contributed by atoms with Gasteiger partial charge in [-0.25, -0.2) is 0 Å². The Kier molecular flexibility index (Phi) is 3.49. The van der Waals surface area contributed by atoms with E-state index in [0.29, 0.717) is 12.6 Å². The summed E-state index contributed by atoms with van der Waals surface area (Å²) in [6, 6.07) is 4.68. The van der Waals surface area contributed by atoms with E-state index < -0.39 is 0 Å². The lowest BCUT2D eigenvalue weighted by Crippen LogP contribution is -2.22. The van der Waals surface area contributed by atoms with Gasteiger partial charge in [-0.05, 0) is 39.8 Å². The van der Waals surface area contributed by atoms with Crippen LogP contribution >= 0.6 is 22.6 Å². The quantitative estimate of drug-likeness (QED) is 0.833. The average Bonchev–Trinajstić information content (AvgIpc) is 2.58. The van der Waals surface area contributed by atoms with Gasteiger partial charge in [-0.1, -0.05) is 19.9 Å². The summed E-state index contributed by atoms with van der Waals surface area (Å²) in [6.45, 7) is 5.78. The SMILES string of the molecule is CC(C)NCc1cc(I)c2c(c1)CNC2=O. The van der Waals surface area contributed by atoms with Crippen LogP contribution in [0, 0.1) is 3.57 Å². The Labute approximate surface area is 109 Å². The zero-order chi connectivity index (χ0) is 11.7. The van der Waals surface area contributed by atoms with Crippen molar-refractivity contribution in [3.05, 3.63) is 32.4 Å². The van der Waals surface area contributed by atoms with Gasteiger partial charge < -0.3 is 10.6 Å². The third-order valence-electron chi connectivity index (χ3n) is 2.61. The van der Waals surface area contributed by atoms with E-state index in [1.165, 1.54) is 5.56 Å². The second kappa shape index (κ2) is 4.71. The Morgan fingerprint density at radius 3 is 2.94 bits per heavy atom. The molecule has 0 radical (unpaired) electrons. The maximum atomic E-state index is 11.5. The van der Waals surface area contributed by atoms with Gasteiger partial charge in [0.25, 0.3) is 5.91 Å². The number of hydrogen-bond acceptors (Lipinski definition) is 2. The number of halogens is 1. The summed E-state index contributed by atoms with van der Waals surface area (Å²) >= 11 is 2.24. The summed E-state index contributed by atoms with van der Waals surface area (Å²) in [7, 11) is 0. The van der Waals surface area contributed by atoms with E-state index in [0.717, 1.165) is 21.2 Å². The lowest BCUT2D eigenvalue weighted by molar-refractivity contribution is 0.0965. The Morgan fingerprint density at radius 2 is 2.25 bits per heavy atom. The predicted molar refractivity (Wildman–Crippen MR) is 72.3 cm³/mol. The molecule has 0 bridgehead atoms. The van der Waals surface area contributed by atoms with Crippen LogP contribution in [0.25, 0.3) is 0 Å². The van der Waals surface area contributed by atoms with Crippen molar-refractivity contribution in [1.82, 2.24) is 10.6 Å². The monoisotopic (exact) mass is 330 g/mol. The van der Waals surface area contributed by atoms with Gasteiger partial charge in [0.15, 0.2) is 0 Å². The fraction of sp³-hybridized carbons (Fsp3) is 0.417. The van der Waals surface area contributed by atoms with Gasteiger partial charge in [0.05, 0.1) is 5.56 Å². The third kappa shape index (κ3) is 2.38. The summed E-state index contributed by atoms with van der Waals surface area (Å²) in [6.07, 6.45) is 0. The Balaban J connectivity index is 2.24. The minimum atomic E-state index is 0.0581. The molecule has 0 aromatic heterocycles. The molecule has 0 fully saturated rings. The van der Waals surface area contributed by atoms with Gasteiger partial charge in [0.2, 0.25) is 0 Å². The molecule has 1 aromatic carbocycles. The molecule has 0 atom stereocenters. The first-order valence-electron chi connectivity index (χ1n) is 5.41. The molecule has 1 aromatic rings. The smallest absolute Gasteiger partial charge is 0.252 e. The van der Waals surface area contributed by atoms with E-state index in [9.17, 15) is 4.79 Å². The number of carbonyl (C=O) groups excluding carboxylic acids is 1. The van der Waals surface area contributed by atoms with Crippen molar-refractivity contribution in [3.63, 3.8) is 0 Å². The van der Waals surface area contributed by atoms with Crippen LogP contribution in [0.2, 0.25) is 0 Å². The summed E-state index contributed by atoms with van der Waals surface area (Å²) in [5.41, 5.74) is 3.22. The molecule has 16 heavy (non-hydrogen) atoms. The highest BCUT2D eigenvalue weighted by Gasteiger charge is 2.22. The van der Waals surface area contributed by atoms with Crippen molar-refractivity contribution in [3.8, 4) is 0 Å². The zero-order valence-electron chi connectivity index (χ0n) is 9.43. The normalized spacial score (nSPS) is 14.1. The van der Waals surface area contributed by atoms with Crippen molar-refractivity contribution in [1.29, 1.82) is 0 Å². The maximum Gasteiger partial charge on any atom is 0.252 e. The molecule has 1 aliphatic heterocycles. The van der Waals surface area contributed by atoms with E-state index in [1.54, 1.807) is 0 Å². The number of fused-ring (bicyclic) bond motifs is 1. The molecule has 0 aliphatic carbocycles. The molecule has 0 spiro atoms. The van der Waals surface area contributed by atoms with Crippen LogP contribution in [0.1, 0.15) is 35.3 Å². The number of hydrogen-bond donors (Lipinski definition) is 2. The summed E-state index contributed by atoms with van der Waals surface area (Å²) in [5.74, 6) is 0.0581. The van der Waals surface area contributed by atoms with Crippen LogP contribution in [-0.2, 0) is 13.1 Å². The van der Waals surface area contributed by atoms with Gasteiger partial charge >= 0.3 is 0 Å². The fourth-order valence-electron chi connectivity index (χ4n) is 1.81. The highest BCUT2D eigenvalue weighted by Crippen LogP contribution is 2.23. The number of nitrogens with one attached hydrogen (secondary N) is 2. The minimum Gasteiger partial charge on any atom is -0.348 e. The maximum absolute atomic E-state index is 11.5. The first-order valence-corrected chi connectivity index (χ1v) is 6.48. The average molecular weight is 330 g/mol. The largest absolute Gasteiger partial charge is 0.348 e. The van der Waals surface area contributed by atoms with E-state index in [4.69, 9.17) is 0 Å². The molecule has 1 heterocycles. The number of benzene rings is 1. The Morgan fingerprint density at radius 1 is 1.50 bits per heavy atom. The first kappa shape index (κ1) is 11.9. The van der Waals surface area contributed by atoms with Crippen LogP contribution in [0.3, 0.4) is 0 Å². The lowest BCUT2D eigenvalue weighted by Gasteiger charge is -2.10. The standard InChI is InChI=1S/C12H15IN2O/c1-7(2)14-5-8-3-9-6-15-12(16)11(9)10(13)4-8/h3-4,7,14H,5-6H2,1-2H3,(H,15,16). The van der Waals surface area contributed by atoms with Crippen molar-refractivity contribution >= 4 is 28.5 Å². The zero-order valence-corrected chi connectivity index (χ0v) is 11.6. The highest BCUT2D eigenvalue weighted by atomic mass is 127. The molecule has 86 valence electrons. The van der Waals surface area contributed by atoms with Gasteiger partial charge in [-0.2, -0.15) is 0 Å². The van der Waals surface area contributed by atoms with Crippen LogP contribution < -0.4 is 10.6 Å². The van der Waals surface area contributed by atoms with Gasteiger partial charge in [0, 0.05) is 22.7 Å². The van der Waals surface area contributed by atoms with Crippen molar-refractivity contribution in [2.75, 3.05) is 0 Å². The molecular formula is C12H15IN2O. The molecule has 4 heteroatoms. The second-order valence-corrected chi connectivity index (χ2v) is 5.49. The second-order valence-electron chi connectivity index (χ2n) is 4.33. The summed E-state index contributed by atoms with van der Waals surface area (Å²) < 4.78 is 1.05. The van der Waals surface area contributed by atoms with E-state index in [-0.39, 0.29) is 5.91 Å². The van der Waals surface area contributed by atoms with Gasteiger partial charge in [-0.3, -0.25) is 4.79 Å². The van der Waals surface area contributed by atoms with Crippen LogP contribution in [0.4, 0.5) is 0 Å². The third-order valence-corrected chi connectivity index (χ3v) is 3.46. The van der Waals surface area contributed by atoms with Crippen molar-refractivity contribution in [2.45, 2.75) is 33.0 Å². The van der Waals surface area contributed by atoms with Crippen molar-refractivity contribution in [2.24, 2.45) is 0 Å². The fourth-order valence-corrected chi connectivity index (χ4v) is 2.80. The number of carbonyl (C=O) groups is 1. The van der Waals surface area contributed by atoms with E-state index in [1.807, 2.05) is 0 Å². The molecule has 1 amide bonds. The molecule has 0 saturated carbocycles. The molecule has 1 aliphatic rings. The lowest BCUT2D eigenvalue weighted by atomic mass is 10.1. The predicted octanol–water partition coefficient (Wildman–Crippen LogP) is 2.03. The van der Waals surface area contributed by atoms with Crippen LogP contribution in [0.15, 0.2) is 12.1 Å². The number of amides is 1. The summed E-state index contributed by atoms with van der Waals surface area (Å²) in [5, 5.41) is 6.24. The van der Waals surface area contributed by atoms with E-state index in [2.05, 4.69) is 59.2 Å². The van der Waals surface area contributed by atoms with Gasteiger partial charge in [-0.15, -0.1) is 0 Å².